The highest BCUT2D eigenvalue weighted by atomic mass is 16.6. The van der Waals surface area contributed by atoms with Gasteiger partial charge in [-0.15, -0.1) is 0 Å². The summed E-state index contributed by atoms with van der Waals surface area (Å²) in [6.07, 6.45) is 5.11. The maximum absolute atomic E-state index is 12.3. The Bertz CT molecular complexity index is 1370. The standard InChI is InChI=1S/C23H23N5O4.C4H4O4/c29-22(21-25-23(32-26-21)19-6-8-20(9-7-19)28(30)31)24-13-10-17-11-14-27(15-12-17)16-18-4-2-1-3-5-18;5-3(6)1-2-4(7)8/h1-9,11H,10,12-16H2,(H,24,29);1-2H,(H,5,6)(H,7,8)/b;2-1+. The van der Waals surface area contributed by atoms with Crippen LogP contribution in [0.3, 0.4) is 0 Å². The highest BCUT2D eigenvalue weighted by Crippen LogP contribution is 2.21. The van der Waals surface area contributed by atoms with E-state index < -0.39 is 22.8 Å². The number of aromatic nitrogens is 2. The second kappa shape index (κ2) is 14.7. The Morgan fingerprint density at radius 3 is 2.30 bits per heavy atom. The topological polar surface area (TPSA) is 189 Å². The first-order valence-electron chi connectivity index (χ1n) is 12.2. The molecule has 0 atom stereocenters. The molecule has 2 heterocycles. The Kier molecular flexibility index (Phi) is 10.8. The van der Waals surface area contributed by atoms with Gasteiger partial charge >= 0.3 is 11.9 Å². The quantitative estimate of drug-likeness (QED) is 0.146. The number of benzene rings is 2. The Morgan fingerprint density at radius 2 is 1.73 bits per heavy atom. The average molecular weight is 550 g/mol. The number of carbonyl (C=O) groups is 3. The lowest BCUT2D eigenvalue weighted by Crippen LogP contribution is -2.30. The molecule has 40 heavy (non-hydrogen) atoms. The van der Waals surface area contributed by atoms with Gasteiger partial charge in [-0.1, -0.05) is 47.1 Å². The number of amides is 1. The largest absolute Gasteiger partial charge is 0.478 e. The monoisotopic (exact) mass is 549 g/mol. The van der Waals surface area contributed by atoms with Gasteiger partial charge in [0.2, 0.25) is 0 Å². The predicted molar refractivity (Wildman–Crippen MR) is 142 cm³/mol. The van der Waals surface area contributed by atoms with Crippen LogP contribution in [0.5, 0.6) is 0 Å². The molecule has 0 bridgehead atoms. The molecule has 1 aliphatic heterocycles. The fourth-order valence-electron chi connectivity index (χ4n) is 3.68. The maximum atomic E-state index is 12.3. The molecule has 13 nitrogen and oxygen atoms in total. The third kappa shape index (κ3) is 9.61. The van der Waals surface area contributed by atoms with E-state index in [9.17, 15) is 24.5 Å². The van der Waals surface area contributed by atoms with Crippen LogP contribution in [-0.2, 0) is 16.1 Å². The van der Waals surface area contributed by atoms with Crippen LogP contribution < -0.4 is 5.32 Å². The van der Waals surface area contributed by atoms with Gasteiger partial charge in [0.15, 0.2) is 0 Å². The molecule has 13 heteroatoms. The zero-order chi connectivity index (χ0) is 28.9. The molecule has 1 aromatic heterocycles. The van der Waals surface area contributed by atoms with E-state index in [1.54, 1.807) is 0 Å². The van der Waals surface area contributed by atoms with Crippen LogP contribution in [0.15, 0.2) is 82.9 Å². The maximum Gasteiger partial charge on any atom is 0.328 e. The number of nitrogens with zero attached hydrogens (tertiary/aromatic N) is 4. The van der Waals surface area contributed by atoms with Crippen molar-refractivity contribution in [3.05, 3.63) is 99.9 Å². The molecule has 2 aromatic carbocycles. The third-order valence-corrected chi connectivity index (χ3v) is 5.69. The van der Waals surface area contributed by atoms with E-state index in [0.717, 1.165) is 32.5 Å². The van der Waals surface area contributed by atoms with Gasteiger partial charge in [0.25, 0.3) is 23.3 Å². The summed E-state index contributed by atoms with van der Waals surface area (Å²) in [5.41, 5.74) is 3.11. The fraction of sp³-hybridized carbons (Fsp3) is 0.222. The van der Waals surface area contributed by atoms with Crippen LogP contribution in [0.25, 0.3) is 11.5 Å². The number of carbonyl (C=O) groups excluding carboxylic acids is 1. The highest BCUT2D eigenvalue weighted by Gasteiger charge is 2.17. The van der Waals surface area contributed by atoms with E-state index >= 15 is 0 Å². The number of nitro groups is 1. The molecular formula is C27H27N5O8. The van der Waals surface area contributed by atoms with Crippen LogP contribution in [-0.4, -0.2) is 67.7 Å². The Morgan fingerprint density at radius 1 is 1.05 bits per heavy atom. The first-order valence-corrected chi connectivity index (χ1v) is 12.2. The Hall–Kier alpha value is -5.17. The van der Waals surface area contributed by atoms with Crippen molar-refractivity contribution in [1.82, 2.24) is 20.4 Å². The molecule has 0 fully saturated rings. The number of carboxylic acid groups (broad SMARTS) is 2. The van der Waals surface area contributed by atoms with Crippen LogP contribution >= 0.6 is 0 Å². The minimum atomic E-state index is -1.26. The summed E-state index contributed by atoms with van der Waals surface area (Å²) in [7, 11) is 0. The van der Waals surface area contributed by atoms with Crippen LogP contribution in [0, 0.1) is 10.1 Å². The van der Waals surface area contributed by atoms with Crippen molar-refractivity contribution in [3.8, 4) is 11.5 Å². The molecule has 0 aliphatic carbocycles. The number of aliphatic carboxylic acids is 2. The SMILES string of the molecule is O=C(NCCC1=CCN(Cc2ccccc2)CC1)c1noc(-c2ccc([N+](=O)[O-])cc2)n1.O=C(O)/C=C/C(=O)O. The van der Waals surface area contributed by atoms with Crippen molar-refractivity contribution in [3.63, 3.8) is 0 Å². The molecule has 0 spiro atoms. The van der Waals surface area contributed by atoms with E-state index in [2.05, 4.69) is 50.7 Å². The molecule has 3 aromatic rings. The van der Waals surface area contributed by atoms with Gasteiger partial charge in [-0.2, -0.15) is 4.98 Å². The molecule has 4 rings (SSSR count). The first-order chi connectivity index (χ1) is 19.2. The lowest BCUT2D eigenvalue weighted by molar-refractivity contribution is -0.384. The minimum absolute atomic E-state index is 0.0357. The molecule has 208 valence electrons. The summed E-state index contributed by atoms with van der Waals surface area (Å²) >= 11 is 0. The lowest BCUT2D eigenvalue weighted by atomic mass is 10.0. The van der Waals surface area contributed by atoms with Crippen molar-refractivity contribution in [1.29, 1.82) is 0 Å². The van der Waals surface area contributed by atoms with E-state index in [0.29, 0.717) is 24.3 Å². The fourth-order valence-corrected chi connectivity index (χ4v) is 3.68. The molecular weight excluding hydrogens is 522 g/mol. The van der Waals surface area contributed by atoms with Gasteiger partial charge in [0.05, 0.1) is 4.92 Å². The van der Waals surface area contributed by atoms with Gasteiger partial charge < -0.3 is 20.1 Å². The number of nitro benzene ring substituents is 1. The van der Waals surface area contributed by atoms with Gasteiger partial charge in [-0.05, 0) is 30.5 Å². The van der Waals surface area contributed by atoms with Crippen molar-refractivity contribution < 1.29 is 34.0 Å². The molecule has 0 saturated carbocycles. The zero-order valence-corrected chi connectivity index (χ0v) is 21.3. The molecule has 0 radical (unpaired) electrons. The highest BCUT2D eigenvalue weighted by molar-refractivity contribution is 5.90. The summed E-state index contributed by atoms with van der Waals surface area (Å²) in [5.74, 6) is -2.85. The van der Waals surface area contributed by atoms with Gasteiger partial charge in [-0.3, -0.25) is 19.8 Å². The van der Waals surface area contributed by atoms with Crippen molar-refractivity contribution in [2.24, 2.45) is 0 Å². The van der Waals surface area contributed by atoms with Crippen LogP contribution in [0.1, 0.15) is 29.0 Å². The Labute approximate surface area is 228 Å². The molecule has 1 amide bonds. The molecule has 0 saturated heterocycles. The number of rotatable bonds is 10. The molecule has 0 unspecified atom stereocenters. The van der Waals surface area contributed by atoms with Crippen molar-refractivity contribution >= 4 is 23.5 Å². The summed E-state index contributed by atoms with van der Waals surface area (Å²) in [6, 6.07) is 16.1. The summed E-state index contributed by atoms with van der Waals surface area (Å²) < 4.78 is 5.12. The van der Waals surface area contributed by atoms with Crippen LogP contribution in [0.4, 0.5) is 5.69 Å². The summed E-state index contributed by atoms with van der Waals surface area (Å²) in [4.78, 5) is 48.2. The number of non-ortho nitro benzene ring substituents is 1. The minimum Gasteiger partial charge on any atom is -0.478 e. The van der Waals surface area contributed by atoms with E-state index in [-0.39, 0.29) is 17.4 Å². The zero-order valence-electron chi connectivity index (χ0n) is 21.3. The molecule has 3 N–H and O–H groups in total. The number of carboxylic acids is 2. The number of hydrogen-bond acceptors (Lipinski definition) is 9. The predicted octanol–water partition coefficient (Wildman–Crippen LogP) is 3.31. The smallest absolute Gasteiger partial charge is 0.328 e. The third-order valence-electron chi connectivity index (χ3n) is 5.69. The van der Waals surface area contributed by atoms with Gasteiger partial charge in [0, 0.05) is 56.0 Å². The first kappa shape index (κ1) is 29.4. The average Bonchev–Trinajstić information content (AvgIpc) is 3.44. The summed E-state index contributed by atoms with van der Waals surface area (Å²) in [5, 5.41) is 32.9. The van der Waals surface area contributed by atoms with Crippen molar-refractivity contribution in [2.75, 3.05) is 19.6 Å². The molecule has 1 aliphatic rings. The lowest BCUT2D eigenvalue weighted by Gasteiger charge is -2.26. The number of hydrogen-bond donors (Lipinski definition) is 3. The van der Waals surface area contributed by atoms with Gasteiger partial charge in [-0.25, -0.2) is 9.59 Å². The second-order valence-electron chi connectivity index (χ2n) is 8.58. The van der Waals surface area contributed by atoms with E-state index in [1.165, 1.54) is 35.4 Å². The Balaban J connectivity index is 0.000000482. The second-order valence-corrected chi connectivity index (χ2v) is 8.58. The van der Waals surface area contributed by atoms with E-state index in [4.69, 9.17) is 14.7 Å². The van der Waals surface area contributed by atoms with Crippen LogP contribution in [0.2, 0.25) is 0 Å². The normalized spacial score (nSPS) is 13.2. The van der Waals surface area contributed by atoms with Crippen molar-refractivity contribution in [2.45, 2.75) is 19.4 Å². The number of nitrogens with one attached hydrogen (secondary N) is 1. The van der Waals surface area contributed by atoms with Gasteiger partial charge in [0.1, 0.15) is 0 Å². The summed E-state index contributed by atoms with van der Waals surface area (Å²) in [6.45, 7) is 3.33. The van der Waals surface area contributed by atoms with E-state index in [1.807, 2.05) is 6.07 Å².